The van der Waals surface area contributed by atoms with Gasteiger partial charge in [-0.25, -0.2) is 8.42 Å². The van der Waals surface area contributed by atoms with Gasteiger partial charge in [0.2, 0.25) is 15.9 Å². The first-order valence-electron chi connectivity index (χ1n) is 7.97. The normalized spacial score (nSPS) is 20.3. The largest absolute Gasteiger partial charge is 0.325 e. The van der Waals surface area contributed by atoms with Crippen molar-refractivity contribution in [3.63, 3.8) is 0 Å². The SMILES string of the molecule is CC(C)(C)c1ccc(NC(=O)[C@@H]2CCCCN2S(C)(=O)=O)cc1. The molecule has 128 valence electrons. The number of sulfonamides is 1. The molecule has 5 nitrogen and oxygen atoms in total. The second-order valence-electron chi connectivity index (χ2n) is 7.20. The standard InChI is InChI=1S/C17H26N2O3S/c1-17(2,3)13-8-10-14(11-9-13)18-16(20)15-7-5-6-12-19(15)23(4,21)22/h8-11,15H,5-7,12H2,1-4H3,(H,18,20)/t15-/m0/s1. The number of amides is 1. The topological polar surface area (TPSA) is 66.5 Å². The van der Waals surface area contributed by atoms with Crippen molar-refractivity contribution in [2.24, 2.45) is 0 Å². The fourth-order valence-electron chi connectivity index (χ4n) is 2.84. The number of nitrogens with zero attached hydrogens (tertiary/aromatic N) is 1. The zero-order chi connectivity index (χ0) is 17.3. The van der Waals surface area contributed by atoms with Crippen LogP contribution in [-0.4, -0.2) is 37.5 Å². The van der Waals surface area contributed by atoms with Gasteiger partial charge in [-0.2, -0.15) is 4.31 Å². The van der Waals surface area contributed by atoms with Crippen LogP contribution >= 0.6 is 0 Å². The number of piperidine rings is 1. The molecule has 0 bridgehead atoms. The van der Waals surface area contributed by atoms with E-state index >= 15 is 0 Å². The average Bonchev–Trinajstić information content (AvgIpc) is 2.46. The molecule has 0 radical (unpaired) electrons. The predicted molar refractivity (Wildman–Crippen MR) is 93.0 cm³/mol. The smallest absolute Gasteiger partial charge is 0.242 e. The van der Waals surface area contributed by atoms with Gasteiger partial charge in [-0.05, 0) is 36.0 Å². The molecule has 1 aliphatic rings. The fraction of sp³-hybridized carbons (Fsp3) is 0.588. The molecule has 0 aliphatic carbocycles. The lowest BCUT2D eigenvalue weighted by Gasteiger charge is -2.32. The van der Waals surface area contributed by atoms with Crippen molar-refractivity contribution in [3.8, 4) is 0 Å². The van der Waals surface area contributed by atoms with E-state index in [0.717, 1.165) is 19.1 Å². The lowest BCUT2D eigenvalue weighted by Crippen LogP contribution is -2.49. The van der Waals surface area contributed by atoms with Gasteiger partial charge in [-0.1, -0.05) is 39.3 Å². The van der Waals surface area contributed by atoms with E-state index in [0.29, 0.717) is 18.7 Å². The average molecular weight is 338 g/mol. The number of nitrogens with one attached hydrogen (secondary N) is 1. The van der Waals surface area contributed by atoms with Gasteiger partial charge in [-0.3, -0.25) is 4.79 Å². The van der Waals surface area contributed by atoms with Crippen molar-refractivity contribution in [1.29, 1.82) is 0 Å². The summed E-state index contributed by atoms with van der Waals surface area (Å²) in [5, 5.41) is 2.85. The van der Waals surface area contributed by atoms with Crippen LogP contribution in [0.25, 0.3) is 0 Å². The van der Waals surface area contributed by atoms with Crippen molar-refractivity contribution >= 4 is 21.6 Å². The van der Waals surface area contributed by atoms with Gasteiger partial charge in [0.1, 0.15) is 6.04 Å². The van der Waals surface area contributed by atoms with Crippen LogP contribution < -0.4 is 5.32 Å². The number of benzene rings is 1. The van der Waals surface area contributed by atoms with Crippen LogP contribution in [0.15, 0.2) is 24.3 Å². The Morgan fingerprint density at radius 1 is 1.17 bits per heavy atom. The van der Waals surface area contributed by atoms with Gasteiger partial charge >= 0.3 is 0 Å². The molecule has 1 aromatic carbocycles. The summed E-state index contributed by atoms with van der Waals surface area (Å²) in [4.78, 5) is 12.5. The Balaban J connectivity index is 2.11. The molecule has 0 aromatic heterocycles. The first-order valence-corrected chi connectivity index (χ1v) is 9.82. The van der Waals surface area contributed by atoms with Gasteiger partial charge in [-0.15, -0.1) is 0 Å². The van der Waals surface area contributed by atoms with E-state index in [-0.39, 0.29) is 11.3 Å². The van der Waals surface area contributed by atoms with E-state index in [1.165, 1.54) is 9.87 Å². The Labute approximate surface area is 139 Å². The Morgan fingerprint density at radius 2 is 1.78 bits per heavy atom. The molecule has 1 amide bonds. The van der Waals surface area contributed by atoms with Crippen molar-refractivity contribution in [3.05, 3.63) is 29.8 Å². The molecule has 23 heavy (non-hydrogen) atoms. The van der Waals surface area contributed by atoms with E-state index in [9.17, 15) is 13.2 Å². The molecular formula is C17H26N2O3S. The first-order chi connectivity index (χ1) is 10.6. The quantitative estimate of drug-likeness (QED) is 0.921. The third kappa shape index (κ3) is 4.54. The van der Waals surface area contributed by atoms with E-state index in [4.69, 9.17) is 0 Å². The fourth-order valence-corrected chi connectivity index (χ4v) is 3.97. The van der Waals surface area contributed by atoms with Crippen molar-refractivity contribution < 1.29 is 13.2 Å². The zero-order valence-electron chi connectivity index (χ0n) is 14.3. The second-order valence-corrected chi connectivity index (χ2v) is 9.14. The number of anilines is 1. The maximum atomic E-state index is 12.5. The van der Waals surface area contributed by atoms with Crippen molar-refractivity contribution in [2.75, 3.05) is 18.1 Å². The molecule has 1 aliphatic heterocycles. The van der Waals surface area contributed by atoms with Crippen molar-refractivity contribution in [2.45, 2.75) is 51.5 Å². The van der Waals surface area contributed by atoms with Crippen LogP contribution in [-0.2, 0) is 20.2 Å². The van der Waals surface area contributed by atoms with Crippen LogP contribution in [0.5, 0.6) is 0 Å². The van der Waals surface area contributed by atoms with Crippen LogP contribution in [0.1, 0.15) is 45.6 Å². The van der Waals surface area contributed by atoms with Gasteiger partial charge in [0, 0.05) is 12.2 Å². The van der Waals surface area contributed by atoms with Gasteiger partial charge in [0.05, 0.1) is 6.26 Å². The minimum atomic E-state index is -3.37. The molecule has 0 saturated carbocycles. The summed E-state index contributed by atoms with van der Waals surface area (Å²) < 4.78 is 25.0. The number of carbonyl (C=O) groups excluding carboxylic acids is 1. The van der Waals surface area contributed by atoms with Gasteiger partial charge < -0.3 is 5.32 Å². The molecular weight excluding hydrogens is 312 g/mol. The molecule has 1 N–H and O–H groups in total. The third-order valence-corrected chi connectivity index (χ3v) is 5.49. The second kappa shape index (κ2) is 6.61. The number of hydrogen-bond acceptors (Lipinski definition) is 3. The lowest BCUT2D eigenvalue weighted by atomic mass is 9.87. The number of carbonyl (C=O) groups is 1. The van der Waals surface area contributed by atoms with Gasteiger partial charge in [0.25, 0.3) is 0 Å². The van der Waals surface area contributed by atoms with Crippen molar-refractivity contribution in [1.82, 2.24) is 4.31 Å². The molecule has 0 spiro atoms. The Hall–Kier alpha value is -1.40. The highest BCUT2D eigenvalue weighted by atomic mass is 32.2. The van der Waals surface area contributed by atoms with E-state index in [1.807, 2.05) is 24.3 Å². The maximum absolute atomic E-state index is 12.5. The van der Waals surface area contributed by atoms with Crippen LogP contribution in [0, 0.1) is 0 Å². The van der Waals surface area contributed by atoms with E-state index < -0.39 is 16.1 Å². The van der Waals surface area contributed by atoms with Gasteiger partial charge in [0.15, 0.2) is 0 Å². The minimum Gasteiger partial charge on any atom is -0.325 e. The first kappa shape index (κ1) is 17.9. The molecule has 1 atom stereocenters. The predicted octanol–water partition coefficient (Wildman–Crippen LogP) is 2.74. The summed E-state index contributed by atoms with van der Waals surface area (Å²) in [7, 11) is -3.37. The highest BCUT2D eigenvalue weighted by molar-refractivity contribution is 7.88. The molecule has 2 rings (SSSR count). The zero-order valence-corrected chi connectivity index (χ0v) is 15.1. The Morgan fingerprint density at radius 3 is 2.30 bits per heavy atom. The highest BCUT2D eigenvalue weighted by Gasteiger charge is 2.34. The molecule has 1 saturated heterocycles. The number of hydrogen-bond donors (Lipinski definition) is 1. The maximum Gasteiger partial charge on any atom is 0.242 e. The van der Waals surface area contributed by atoms with E-state index in [2.05, 4.69) is 26.1 Å². The third-order valence-electron chi connectivity index (χ3n) is 4.20. The molecule has 1 heterocycles. The Bertz CT molecular complexity index is 660. The van der Waals surface area contributed by atoms with Crippen LogP contribution in [0.3, 0.4) is 0 Å². The Kier molecular flexibility index (Phi) is 5.16. The summed E-state index contributed by atoms with van der Waals surface area (Å²) in [6.07, 6.45) is 3.40. The number of rotatable bonds is 3. The molecule has 1 aromatic rings. The molecule has 1 fully saturated rings. The summed E-state index contributed by atoms with van der Waals surface area (Å²) >= 11 is 0. The van der Waals surface area contributed by atoms with Crippen LogP contribution in [0.4, 0.5) is 5.69 Å². The molecule has 6 heteroatoms. The summed E-state index contributed by atoms with van der Waals surface area (Å²) in [6.45, 7) is 6.81. The molecule has 0 unspecified atom stereocenters. The summed E-state index contributed by atoms with van der Waals surface area (Å²) in [6, 6.07) is 7.11. The van der Waals surface area contributed by atoms with E-state index in [1.54, 1.807) is 0 Å². The van der Waals surface area contributed by atoms with Crippen LogP contribution in [0.2, 0.25) is 0 Å². The minimum absolute atomic E-state index is 0.0546. The lowest BCUT2D eigenvalue weighted by molar-refractivity contribution is -0.120. The summed E-state index contributed by atoms with van der Waals surface area (Å²) in [5.41, 5.74) is 1.94. The highest BCUT2D eigenvalue weighted by Crippen LogP contribution is 2.25. The monoisotopic (exact) mass is 338 g/mol. The summed E-state index contributed by atoms with van der Waals surface area (Å²) in [5.74, 6) is -0.251.